The van der Waals surface area contributed by atoms with Crippen LogP contribution in [0.5, 0.6) is 6.01 Å². The molecule has 0 radical (unpaired) electrons. The largest absolute Gasteiger partial charge is 0.463 e. The molecule has 3 heterocycles. The summed E-state index contributed by atoms with van der Waals surface area (Å²) in [6.45, 7) is 6.40. The molecule has 2 aromatic heterocycles. The second kappa shape index (κ2) is 9.98. The van der Waals surface area contributed by atoms with Crippen molar-refractivity contribution in [2.45, 2.75) is 45.7 Å². The minimum Gasteiger partial charge on any atom is -0.463 e. The van der Waals surface area contributed by atoms with Crippen molar-refractivity contribution in [2.75, 3.05) is 30.7 Å². The molecule has 1 aliphatic heterocycles. The van der Waals surface area contributed by atoms with Crippen LogP contribution in [0.2, 0.25) is 0 Å². The molecule has 0 atom stereocenters. The van der Waals surface area contributed by atoms with Gasteiger partial charge in [-0.05, 0) is 44.0 Å². The van der Waals surface area contributed by atoms with E-state index in [0.717, 1.165) is 49.9 Å². The Balaban J connectivity index is 1.62. The number of ether oxygens (including phenoxy) is 1. The zero-order valence-corrected chi connectivity index (χ0v) is 16.4. The highest BCUT2D eigenvalue weighted by Crippen LogP contribution is 2.21. The Morgan fingerprint density at radius 1 is 1.29 bits per heavy atom. The van der Waals surface area contributed by atoms with Gasteiger partial charge in [0.25, 0.3) is 0 Å². The summed E-state index contributed by atoms with van der Waals surface area (Å²) in [5.41, 5.74) is 8.54. The average Bonchev–Trinajstić information content (AvgIpc) is 3.20. The minimum absolute atomic E-state index is 0.234. The number of nitrogens with zero attached hydrogens (tertiary/aromatic N) is 4. The van der Waals surface area contributed by atoms with Crippen LogP contribution in [0, 0.1) is 5.41 Å². The van der Waals surface area contributed by atoms with E-state index in [1.807, 2.05) is 6.20 Å². The normalized spacial score (nSPS) is 14.2. The van der Waals surface area contributed by atoms with Crippen LogP contribution in [0.3, 0.4) is 0 Å². The van der Waals surface area contributed by atoms with Gasteiger partial charge in [0.1, 0.15) is 11.6 Å². The summed E-state index contributed by atoms with van der Waals surface area (Å²) in [5.74, 6) is 0.730. The lowest BCUT2D eigenvalue weighted by Gasteiger charge is -2.14. The van der Waals surface area contributed by atoms with Gasteiger partial charge < -0.3 is 21.2 Å². The zero-order chi connectivity index (χ0) is 19.8. The molecular formula is C20H29N7O. The third kappa shape index (κ3) is 5.39. The van der Waals surface area contributed by atoms with Crippen LogP contribution in [0.15, 0.2) is 18.3 Å². The monoisotopic (exact) mass is 383 g/mol. The predicted molar refractivity (Wildman–Crippen MR) is 111 cm³/mol. The maximum atomic E-state index is 7.60. The van der Waals surface area contributed by atoms with Crippen molar-refractivity contribution in [3.8, 4) is 6.01 Å². The van der Waals surface area contributed by atoms with Gasteiger partial charge in [0, 0.05) is 25.5 Å². The average molecular weight is 384 g/mol. The quantitative estimate of drug-likeness (QED) is 0.427. The molecular weight excluding hydrogens is 354 g/mol. The molecule has 4 N–H and O–H groups in total. The first-order chi connectivity index (χ1) is 13.7. The van der Waals surface area contributed by atoms with E-state index in [-0.39, 0.29) is 11.8 Å². The molecule has 0 unspecified atom stereocenters. The number of anilines is 2. The maximum absolute atomic E-state index is 7.60. The number of hydrogen-bond donors (Lipinski definition) is 3. The number of rotatable bonds is 10. The van der Waals surface area contributed by atoms with E-state index in [1.165, 1.54) is 12.8 Å². The highest BCUT2D eigenvalue weighted by Gasteiger charge is 2.13. The van der Waals surface area contributed by atoms with Crippen molar-refractivity contribution in [1.82, 2.24) is 19.9 Å². The Kier molecular flexibility index (Phi) is 7.13. The lowest BCUT2D eigenvalue weighted by atomic mass is 10.2. The van der Waals surface area contributed by atoms with Gasteiger partial charge >= 0.3 is 6.01 Å². The molecule has 8 nitrogen and oxygen atoms in total. The van der Waals surface area contributed by atoms with Crippen LogP contribution in [-0.4, -0.2) is 45.8 Å². The van der Waals surface area contributed by atoms with Crippen LogP contribution >= 0.6 is 0 Å². The van der Waals surface area contributed by atoms with Crippen LogP contribution < -0.4 is 15.8 Å². The number of nitrogen functional groups attached to an aromatic ring is 1. The van der Waals surface area contributed by atoms with E-state index >= 15 is 0 Å². The Morgan fingerprint density at radius 2 is 2.11 bits per heavy atom. The second-order valence-corrected chi connectivity index (χ2v) is 6.99. The summed E-state index contributed by atoms with van der Waals surface area (Å²) < 4.78 is 5.56. The van der Waals surface area contributed by atoms with Crippen molar-refractivity contribution >= 4 is 17.9 Å². The van der Waals surface area contributed by atoms with Gasteiger partial charge in [-0.2, -0.15) is 9.97 Å². The maximum Gasteiger partial charge on any atom is 0.320 e. The molecule has 1 aliphatic rings. The molecule has 0 aromatic carbocycles. The first-order valence-corrected chi connectivity index (χ1v) is 9.90. The Hall–Kier alpha value is -2.74. The standard InChI is InChI=1S/C20H29N7O/c1-2-3-10-28-20-25-18(22)17(11-21)19(26-20)24-13-15-6-7-16(23-12-15)14-27-8-4-5-9-27/h6-7,11-12,21H,2-5,8-10,13-14H2,1H3,(H3,22,24,25,26). The summed E-state index contributed by atoms with van der Waals surface area (Å²) in [6.07, 6.45) is 7.55. The molecule has 1 fully saturated rings. The summed E-state index contributed by atoms with van der Waals surface area (Å²) in [7, 11) is 0. The Bertz CT molecular complexity index is 773. The predicted octanol–water partition coefficient (Wildman–Crippen LogP) is 2.84. The molecule has 0 aliphatic carbocycles. The van der Waals surface area contributed by atoms with Crippen molar-refractivity contribution in [3.05, 3.63) is 35.2 Å². The summed E-state index contributed by atoms with van der Waals surface area (Å²) in [6, 6.07) is 4.37. The van der Waals surface area contributed by atoms with E-state index < -0.39 is 0 Å². The van der Waals surface area contributed by atoms with Gasteiger partial charge in [0.15, 0.2) is 0 Å². The third-order valence-corrected chi connectivity index (χ3v) is 4.76. The lowest BCUT2D eigenvalue weighted by molar-refractivity contribution is 0.286. The molecule has 3 rings (SSSR count). The second-order valence-electron chi connectivity index (χ2n) is 6.99. The third-order valence-electron chi connectivity index (χ3n) is 4.76. The van der Waals surface area contributed by atoms with Crippen molar-refractivity contribution in [2.24, 2.45) is 0 Å². The molecule has 0 bridgehead atoms. The summed E-state index contributed by atoms with van der Waals surface area (Å²) in [4.78, 5) is 15.5. The number of nitrogens with two attached hydrogens (primary N) is 1. The fourth-order valence-electron chi connectivity index (χ4n) is 3.12. The van der Waals surface area contributed by atoms with Crippen molar-refractivity contribution < 1.29 is 4.74 Å². The van der Waals surface area contributed by atoms with Crippen LogP contribution in [0.4, 0.5) is 11.6 Å². The zero-order valence-electron chi connectivity index (χ0n) is 16.4. The van der Waals surface area contributed by atoms with Crippen LogP contribution in [0.25, 0.3) is 0 Å². The molecule has 0 amide bonds. The van der Waals surface area contributed by atoms with E-state index in [2.05, 4.69) is 44.2 Å². The van der Waals surface area contributed by atoms with Crippen molar-refractivity contribution in [1.29, 1.82) is 5.41 Å². The molecule has 2 aromatic rings. The topological polar surface area (TPSA) is 113 Å². The smallest absolute Gasteiger partial charge is 0.320 e. The number of nitrogens with one attached hydrogen (secondary N) is 2. The number of likely N-dealkylation sites (tertiary alicyclic amines) is 1. The van der Waals surface area contributed by atoms with Gasteiger partial charge in [-0.3, -0.25) is 9.88 Å². The number of pyridine rings is 1. The van der Waals surface area contributed by atoms with Gasteiger partial charge in [-0.1, -0.05) is 19.4 Å². The first-order valence-electron chi connectivity index (χ1n) is 9.90. The van der Waals surface area contributed by atoms with E-state index in [4.69, 9.17) is 15.9 Å². The highest BCUT2D eigenvalue weighted by atomic mass is 16.5. The summed E-state index contributed by atoms with van der Waals surface area (Å²) in [5, 5.41) is 10.8. The Labute approximate surface area is 166 Å². The number of unbranched alkanes of at least 4 members (excludes halogenated alkanes) is 1. The molecule has 0 saturated carbocycles. The van der Waals surface area contributed by atoms with E-state index in [1.54, 1.807) is 0 Å². The fourth-order valence-corrected chi connectivity index (χ4v) is 3.12. The van der Waals surface area contributed by atoms with Crippen LogP contribution in [0.1, 0.15) is 49.4 Å². The summed E-state index contributed by atoms with van der Waals surface area (Å²) >= 11 is 0. The van der Waals surface area contributed by atoms with E-state index in [0.29, 0.717) is 24.5 Å². The molecule has 0 spiro atoms. The van der Waals surface area contributed by atoms with Crippen LogP contribution in [-0.2, 0) is 13.1 Å². The number of aromatic nitrogens is 3. The first kappa shape index (κ1) is 20.0. The van der Waals surface area contributed by atoms with Gasteiger partial charge in [0.2, 0.25) is 0 Å². The fraction of sp³-hybridized carbons (Fsp3) is 0.500. The molecule has 8 heteroatoms. The SMILES string of the molecule is CCCCOc1nc(N)c(C=N)c(NCc2ccc(CN3CCCC3)nc2)n1. The van der Waals surface area contributed by atoms with Gasteiger partial charge in [-0.15, -0.1) is 0 Å². The molecule has 1 saturated heterocycles. The lowest BCUT2D eigenvalue weighted by Crippen LogP contribution is -2.19. The van der Waals surface area contributed by atoms with Crippen molar-refractivity contribution in [3.63, 3.8) is 0 Å². The Morgan fingerprint density at radius 3 is 2.79 bits per heavy atom. The van der Waals surface area contributed by atoms with Gasteiger partial charge in [-0.25, -0.2) is 0 Å². The molecule has 28 heavy (non-hydrogen) atoms. The van der Waals surface area contributed by atoms with E-state index in [9.17, 15) is 0 Å². The molecule has 150 valence electrons. The highest BCUT2D eigenvalue weighted by molar-refractivity contribution is 5.90. The minimum atomic E-state index is 0.234. The van der Waals surface area contributed by atoms with Gasteiger partial charge in [0.05, 0.1) is 17.9 Å². The number of hydrogen-bond acceptors (Lipinski definition) is 8.